The Bertz CT molecular complexity index is 496. The summed E-state index contributed by atoms with van der Waals surface area (Å²) < 4.78 is 0. The average molecular weight is 278 g/mol. The van der Waals surface area contributed by atoms with E-state index in [1.54, 1.807) is 6.08 Å². The fourth-order valence-electron chi connectivity index (χ4n) is 2.72. The first-order valence-corrected chi connectivity index (χ1v) is 6.77. The first kappa shape index (κ1) is 13.9. The van der Waals surface area contributed by atoms with Crippen molar-refractivity contribution in [2.75, 3.05) is 0 Å². The van der Waals surface area contributed by atoms with E-state index in [2.05, 4.69) is 30.6 Å². The summed E-state index contributed by atoms with van der Waals surface area (Å²) in [6.07, 6.45) is 6.04. The Balaban J connectivity index is 2.36. The van der Waals surface area contributed by atoms with Gasteiger partial charge in [0.2, 0.25) is 0 Å². The van der Waals surface area contributed by atoms with Gasteiger partial charge >= 0.3 is 0 Å². The molecule has 1 heterocycles. The van der Waals surface area contributed by atoms with Crippen LogP contribution >= 0.6 is 12.2 Å². The molecule has 0 radical (unpaired) electrons. The van der Waals surface area contributed by atoms with Crippen molar-refractivity contribution in [1.29, 1.82) is 0 Å². The van der Waals surface area contributed by atoms with Gasteiger partial charge in [0.25, 0.3) is 11.8 Å². The van der Waals surface area contributed by atoms with Crippen LogP contribution in [0.3, 0.4) is 0 Å². The van der Waals surface area contributed by atoms with Gasteiger partial charge in [-0.3, -0.25) is 20.2 Å². The van der Waals surface area contributed by atoms with Crippen molar-refractivity contribution in [1.82, 2.24) is 10.6 Å². The van der Waals surface area contributed by atoms with Crippen molar-refractivity contribution in [2.24, 2.45) is 11.3 Å². The molecule has 4 nitrogen and oxygen atoms in total. The van der Waals surface area contributed by atoms with Gasteiger partial charge in [0, 0.05) is 5.92 Å². The monoisotopic (exact) mass is 278 g/mol. The summed E-state index contributed by atoms with van der Waals surface area (Å²) in [6, 6.07) is 0. The van der Waals surface area contributed by atoms with Crippen molar-refractivity contribution in [3.05, 3.63) is 23.3 Å². The average Bonchev–Trinajstić information content (AvgIpc) is 2.25. The summed E-state index contributed by atoms with van der Waals surface area (Å²) in [5.74, 6) is -0.731. The SMILES string of the molecule is CC1=CCCC(C)(C)C1C=C1C(=O)NC(=S)NC1=O. The molecule has 0 spiro atoms. The molecule has 2 aliphatic rings. The number of thiocarbonyl (C=S) groups is 1. The maximum atomic E-state index is 11.9. The Morgan fingerprint density at radius 3 is 2.42 bits per heavy atom. The Hall–Kier alpha value is -1.49. The van der Waals surface area contributed by atoms with E-state index in [1.165, 1.54) is 5.57 Å². The Morgan fingerprint density at radius 1 is 1.32 bits per heavy atom. The van der Waals surface area contributed by atoms with Crippen molar-refractivity contribution in [3.8, 4) is 0 Å². The van der Waals surface area contributed by atoms with Crippen LogP contribution in [0.15, 0.2) is 23.3 Å². The highest BCUT2D eigenvalue weighted by Crippen LogP contribution is 2.42. The van der Waals surface area contributed by atoms with E-state index < -0.39 is 11.8 Å². The topological polar surface area (TPSA) is 58.2 Å². The molecule has 2 rings (SSSR count). The second kappa shape index (κ2) is 4.89. The highest BCUT2D eigenvalue weighted by atomic mass is 32.1. The minimum atomic E-state index is -0.414. The van der Waals surface area contributed by atoms with Gasteiger partial charge in [-0.15, -0.1) is 0 Å². The van der Waals surface area contributed by atoms with E-state index >= 15 is 0 Å². The van der Waals surface area contributed by atoms with Gasteiger partial charge in [-0.1, -0.05) is 31.6 Å². The standard InChI is InChI=1S/C14H18N2O2S/c1-8-5-4-6-14(2,3)10(8)7-9-11(17)15-13(19)16-12(9)18/h5,7,10H,4,6H2,1-3H3,(H2,15,16,17,18,19). The molecule has 2 amide bonds. The number of amides is 2. The van der Waals surface area contributed by atoms with E-state index in [0.29, 0.717) is 0 Å². The maximum Gasteiger partial charge on any atom is 0.262 e. The molecule has 0 bridgehead atoms. The Labute approximate surface area is 118 Å². The number of allylic oxidation sites excluding steroid dienone is 3. The minimum absolute atomic E-state index is 0.0460. The Kier molecular flexibility index (Phi) is 3.58. The number of carbonyl (C=O) groups excluding carboxylic acids is 2. The van der Waals surface area contributed by atoms with Crippen LogP contribution in [0, 0.1) is 11.3 Å². The zero-order valence-corrected chi connectivity index (χ0v) is 12.2. The van der Waals surface area contributed by atoms with Crippen LogP contribution in [0.2, 0.25) is 0 Å². The van der Waals surface area contributed by atoms with Crippen LogP contribution in [0.4, 0.5) is 0 Å². The Morgan fingerprint density at radius 2 is 1.89 bits per heavy atom. The summed E-state index contributed by atoms with van der Waals surface area (Å²) in [6.45, 7) is 6.37. The third-order valence-electron chi connectivity index (χ3n) is 3.86. The number of carbonyl (C=O) groups is 2. The molecule has 2 N–H and O–H groups in total. The van der Waals surface area contributed by atoms with Gasteiger partial charge in [-0.05, 0) is 37.4 Å². The van der Waals surface area contributed by atoms with Crippen molar-refractivity contribution in [2.45, 2.75) is 33.6 Å². The summed E-state index contributed by atoms with van der Waals surface area (Å²) in [5.41, 5.74) is 1.41. The maximum absolute atomic E-state index is 11.9. The van der Waals surface area contributed by atoms with E-state index in [9.17, 15) is 9.59 Å². The molecule has 19 heavy (non-hydrogen) atoms. The lowest BCUT2D eigenvalue weighted by Gasteiger charge is -2.37. The molecule has 0 aromatic rings. The third-order valence-corrected chi connectivity index (χ3v) is 4.07. The molecule has 5 heteroatoms. The van der Waals surface area contributed by atoms with E-state index in [4.69, 9.17) is 12.2 Å². The quantitative estimate of drug-likeness (QED) is 0.333. The molecule has 1 atom stereocenters. The predicted octanol–water partition coefficient (Wildman–Crippen LogP) is 1.83. The number of nitrogens with one attached hydrogen (secondary N) is 2. The van der Waals surface area contributed by atoms with Gasteiger partial charge in [0.1, 0.15) is 5.57 Å². The molecule has 1 saturated heterocycles. The van der Waals surface area contributed by atoms with Crippen molar-refractivity contribution in [3.63, 3.8) is 0 Å². The second-order valence-corrected chi connectivity index (χ2v) is 6.18. The lowest BCUT2D eigenvalue weighted by molar-refractivity contribution is -0.123. The van der Waals surface area contributed by atoms with Gasteiger partial charge in [0.05, 0.1) is 0 Å². The molecule has 1 fully saturated rings. The summed E-state index contributed by atoms with van der Waals surface area (Å²) in [5, 5.41) is 5.00. The van der Waals surface area contributed by atoms with Gasteiger partial charge < -0.3 is 0 Å². The minimum Gasteiger partial charge on any atom is -0.299 e. The molecule has 0 saturated carbocycles. The van der Waals surface area contributed by atoms with Crippen molar-refractivity contribution >= 4 is 29.1 Å². The number of rotatable bonds is 1. The van der Waals surface area contributed by atoms with Crippen LogP contribution in [0.25, 0.3) is 0 Å². The first-order chi connectivity index (χ1) is 8.81. The van der Waals surface area contributed by atoms with Gasteiger partial charge in [0.15, 0.2) is 5.11 Å². The lowest BCUT2D eigenvalue weighted by Crippen LogP contribution is -2.51. The van der Waals surface area contributed by atoms with Gasteiger partial charge in [-0.25, -0.2) is 0 Å². The van der Waals surface area contributed by atoms with Crippen LogP contribution in [0.1, 0.15) is 33.6 Å². The molecule has 1 unspecified atom stereocenters. The summed E-state index contributed by atoms with van der Waals surface area (Å²) in [4.78, 5) is 23.7. The number of hydrogen-bond acceptors (Lipinski definition) is 3. The largest absolute Gasteiger partial charge is 0.299 e. The molecule has 0 aromatic carbocycles. The molecule has 1 aliphatic heterocycles. The summed E-state index contributed by atoms with van der Waals surface area (Å²) >= 11 is 4.78. The van der Waals surface area contributed by atoms with Crippen LogP contribution < -0.4 is 10.6 Å². The second-order valence-electron chi connectivity index (χ2n) is 5.77. The van der Waals surface area contributed by atoms with Crippen LogP contribution in [0.5, 0.6) is 0 Å². The molecular formula is C14H18N2O2S. The fourth-order valence-corrected chi connectivity index (χ4v) is 2.91. The highest BCUT2D eigenvalue weighted by molar-refractivity contribution is 7.80. The van der Waals surface area contributed by atoms with E-state index in [1.807, 2.05) is 6.92 Å². The van der Waals surface area contributed by atoms with Crippen LogP contribution in [-0.4, -0.2) is 16.9 Å². The zero-order chi connectivity index (χ0) is 14.2. The predicted molar refractivity (Wildman–Crippen MR) is 77.2 cm³/mol. The fraction of sp³-hybridized carbons (Fsp3) is 0.500. The lowest BCUT2D eigenvalue weighted by atomic mass is 9.68. The van der Waals surface area contributed by atoms with E-state index in [0.717, 1.165) is 12.8 Å². The molecule has 102 valence electrons. The zero-order valence-electron chi connectivity index (χ0n) is 11.4. The summed E-state index contributed by atoms with van der Waals surface area (Å²) in [7, 11) is 0. The third kappa shape index (κ3) is 2.76. The molecule has 0 aromatic heterocycles. The van der Waals surface area contributed by atoms with Crippen LogP contribution in [-0.2, 0) is 9.59 Å². The molecular weight excluding hydrogens is 260 g/mol. The van der Waals surface area contributed by atoms with Gasteiger partial charge in [-0.2, -0.15) is 0 Å². The smallest absolute Gasteiger partial charge is 0.262 e. The van der Waals surface area contributed by atoms with E-state index in [-0.39, 0.29) is 22.0 Å². The first-order valence-electron chi connectivity index (χ1n) is 6.36. The highest BCUT2D eigenvalue weighted by Gasteiger charge is 2.34. The number of hydrogen-bond donors (Lipinski definition) is 2. The van der Waals surface area contributed by atoms with Crippen molar-refractivity contribution < 1.29 is 9.59 Å². The molecule has 1 aliphatic carbocycles. The normalized spacial score (nSPS) is 26.5.